The Balaban J connectivity index is 2.20. The van der Waals surface area contributed by atoms with Gasteiger partial charge in [-0.15, -0.1) is 0 Å². The van der Waals surface area contributed by atoms with E-state index in [1.807, 2.05) is 7.11 Å². The maximum Gasteiger partial charge on any atom is 0.0493 e. The lowest BCUT2D eigenvalue weighted by molar-refractivity contribution is 0.132. The van der Waals surface area contributed by atoms with Crippen LogP contribution in [0, 0.1) is 11.8 Å². The molecule has 0 aliphatic heterocycles. The van der Waals surface area contributed by atoms with E-state index in [0.717, 1.165) is 25.0 Å². The van der Waals surface area contributed by atoms with Crippen LogP contribution in [0.4, 0.5) is 0 Å². The first-order valence-corrected chi connectivity index (χ1v) is 5.08. The number of rotatable bonds is 5. The SMILES string of the molecule is CCNCC1CCCC1COC. The summed E-state index contributed by atoms with van der Waals surface area (Å²) in [6.45, 7) is 5.40. The first-order chi connectivity index (χ1) is 5.88. The van der Waals surface area contributed by atoms with E-state index in [1.165, 1.54) is 25.8 Å². The van der Waals surface area contributed by atoms with Gasteiger partial charge in [0.05, 0.1) is 0 Å². The summed E-state index contributed by atoms with van der Waals surface area (Å²) in [5, 5.41) is 3.42. The molecule has 2 unspecified atom stereocenters. The molecule has 1 rings (SSSR count). The summed E-state index contributed by atoms with van der Waals surface area (Å²) in [7, 11) is 1.81. The fourth-order valence-corrected chi connectivity index (χ4v) is 2.15. The lowest BCUT2D eigenvalue weighted by Crippen LogP contribution is -2.26. The predicted octanol–water partition coefficient (Wildman–Crippen LogP) is 1.66. The van der Waals surface area contributed by atoms with Crippen molar-refractivity contribution in [2.24, 2.45) is 11.8 Å². The summed E-state index contributed by atoms with van der Waals surface area (Å²) >= 11 is 0. The summed E-state index contributed by atoms with van der Waals surface area (Å²) in [5.41, 5.74) is 0. The van der Waals surface area contributed by atoms with Gasteiger partial charge in [-0.3, -0.25) is 0 Å². The second kappa shape index (κ2) is 5.55. The van der Waals surface area contributed by atoms with Crippen molar-refractivity contribution in [2.75, 3.05) is 26.8 Å². The minimum absolute atomic E-state index is 0.814. The highest BCUT2D eigenvalue weighted by Crippen LogP contribution is 2.31. The summed E-state index contributed by atoms with van der Waals surface area (Å²) in [6.07, 6.45) is 4.15. The minimum Gasteiger partial charge on any atom is -0.384 e. The lowest BCUT2D eigenvalue weighted by atomic mass is 9.97. The summed E-state index contributed by atoms with van der Waals surface area (Å²) in [5.74, 6) is 1.68. The number of hydrogen-bond acceptors (Lipinski definition) is 2. The highest BCUT2D eigenvalue weighted by atomic mass is 16.5. The molecule has 0 aromatic heterocycles. The lowest BCUT2D eigenvalue weighted by Gasteiger charge is -2.18. The van der Waals surface area contributed by atoms with Crippen LogP contribution in [0.5, 0.6) is 0 Å². The Labute approximate surface area is 75.7 Å². The van der Waals surface area contributed by atoms with E-state index in [9.17, 15) is 0 Å². The van der Waals surface area contributed by atoms with Crippen LogP contribution in [-0.2, 0) is 4.74 Å². The van der Waals surface area contributed by atoms with Crippen molar-refractivity contribution in [2.45, 2.75) is 26.2 Å². The van der Waals surface area contributed by atoms with Gasteiger partial charge < -0.3 is 10.1 Å². The molecule has 0 aromatic carbocycles. The highest BCUT2D eigenvalue weighted by molar-refractivity contribution is 4.78. The number of methoxy groups -OCH3 is 1. The van der Waals surface area contributed by atoms with Gasteiger partial charge in [0.15, 0.2) is 0 Å². The molecule has 1 aliphatic carbocycles. The quantitative estimate of drug-likeness (QED) is 0.679. The van der Waals surface area contributed by atoms with Crippen molar-refractivity contribution >= 4 is 0 Å². The second-order valence-electron chi connectivity index (χ2n) is 3.71. The van der Waals surface area contributed by atoms with E-state index in [2.05, 4.69) is 12.2 Å². The molecule has 2 nitrogen and oxygen atoms in total. The molecule has 2 atom stereocenters. The highest BCUT2D eigenvalue weighted by Gasteiger charge is 2.26. The largest absolute Gasteiger partial charge is 0.384 e. The normalized spacial score (nSPS) is 29.5. The molecule has 1 aliphatic rings. The van der Waals surface area contributed by atoms with Crippen LogP contribution in [0.15, 0.2) is 0 Å². The monoisotopic (exact) mass is 171 g/mol. The summed E-state index contributed by atoms with van der Waals surface area (Å²) in [4.78, 5) is 0. The Hall–Kier alpha value is -0.0800. The van der Waals surface area contributed by atoms with Gasteiger partial charge in [0, 0.05) is 13.7 Å². The van der Waals surface area contributed by atoms with E-state index in [1.54, 1.807) is 0 Å². The Kier molecular flexibility index (Phi) is 4.62. The Morgan fingerprint density at radius 3 is 2.75 bits per heavy atom. The Morgan fingerprint density at radius 2 is 2.08 bits per heavy atom. The zero-order valence-corrected chi connectivity index (χ0v) is 8.31. The average Bonchev–Trinajstić information content (AvgIpc) is 2.50. The van der Waals surface area contributed by atoms with Crippen molar-refractivity contribution < 1.29 is 4.74 Å². The zero-order valence-electron chi connectivity index (χ0n) is 8.31. The standard InChI is InChI=1S/C10H21NO/c1-3-11-7-9-5-4-6-10(9)8-12-2/h9-11H,3-8H2,1-2H3. The first-order valence-electron chi connectivity index (χ1n) is 5.08. The van der Waals surface area contributed by atoms with Crippen molar-refractivity contribution in [3.8, 4) is 0 Å². The van der Waals surface area contributed by atoms with Crippen LogP contribution in [0.3, 0.4) is 0 Å². The Morgan fingerprint density at radius 1 is 1.33 bits per heavy atom. The maximum absolute atomic E-state index is 5.21. The summed E-state index contributed by atoms with van der Waals surface area (Å²) < 4.78 is 5.21. The minimum atomic E-state index is 0.814. The molecule has 0 spiro atoms. The van der Waals surface area contributed by atoms with Crippen LogP contribution in [0.25, 0.3) is 0 Å². The number of ether oxygens (including phenoxy) is 1. The van der Waals surface area contributed by atoms with Gasteiger partial charge >= 0.3 is 0 Å². The van der Waals surface area contributed by atoms with Crippen molar-refractivity contribution in [1.82, 2.24) is 5.32 Å². The van der Waals surface area contributed by atoms with E-state index in [4.69, 9.17) is 4.74 Å². The van der Waals surface area contributed by atoms with E-state index >= 15 is 0 Å². The third kappa shape index (κ3) is 2.76. The van der Waals surface area contributed by atoms with Crippen LogP contribution >= 0.6 is 0 Å². The van der Waals surface area contributed by atoms with Gasteiger partial charge in [0.25, 0.3) is 0 Å². The topological polar surface area (TPSA) is 21.3 Å². The van der Waals surface area contributed by atoms with Gasteiger partial charge in [-0.1, -0.05) is 13.3 Å². The molecule has 2 heteroatoms. The fourth-order valence-electron chi connectivity index (χ4n) is 2.15. The van der Waals surface area contributed by atoms with E-state index in [0.29, 0.717) is 0 Å². The summed E-state index contributed by atoms with van der Waals surface area (Å²) in [6, 6.07) is 0. The van der Waals surface area contributed by atoms with Gasteiger partial charge in [0.2, 0.25) is 0 Å². The molecular formula is C10H21NO. The molecule has 1 N–H and O–H groups in total. The Bertz CT molecular complexity index is 116. The van der Waals surface area contributed by atoms with Gasteiger partial charge in [-0.25, -0.2) is 0 Å². The molecule has 1 fully saturated rings. The molecule has 12 heavy (non-hydrogen) atoms. The molecule has 72 valence electrons. The smallest absolute Gasteiger partial charge is 0.0493 e. The molecule has 0 aromatic rings. The molecule has 0 bridgehead atoms. The second-order valence-corrected chi connectivity index (χ2v) is 3.71. The number of nitrogens with one attached hydrogen (secondary N) is 1. The molecule has 0 amide bonds. The van der Waals surface area contributed by atoms with Crippen LogP contribution < -0.4 is 5.32 Å². The third-order valence-electron chi connectivity index (χ3n) is 2.85. The predicted molar refractivity (Wildman–Crippen MR) is 51.3 cm³/mol. The van der Waals surface area contributed by atoms with Crippen molar-refractivity contribution in [3.05, 3.63) is 0 Å². The number of hydrogen-bond donors (Lipinski definition) is 1. The van der Waals surface area contributed by atoms with Crippen LogP contribution in [0.1, 0.15) is 26.2 Å². The average molecular weight is 171 g/mol. The molecule has 0 saturated heterocycles. The molecule has 0 radical (unpaired) electrons. The fraction of sp³-hybridized carbons (Fsp3) is 1.00. The maximum atomic E-state index is 5.21. The van der Waals surface area contributed by atoms with Crippen LogP contribution in [0.2, 0.25) is 0 Å². The van der Waals surface area contributed by atoms with Gasteiger partial charge in [-0.05, 0) is 37.8 Å². The van der Waals surface area contributed by atoms with E-state index < -0.39 is 0 Å². The third-order valence-corrected chi connectivity index (χ3v) is 2.85. The van der Waals surface area contributed by atoms with Crippen LogP contribution in [-0.4, -0.2) is 26.8 Å². The van der Waals surface area contributed by atoms with Gasteiger partial charge in [-0.2, -0.15) is 0 Å². The molecular weight excluding hydrogens is 150 g/mol. The van der Waals surface area contributed by atoms with E-state index in [-0.39, 0.29) is 0 Å². The van der Waals surface area contributed by atoms with Crippen molar-refractivity contribution in [1.29, 1.82) is 0 Å². The zero-order chi connectivity index (χ0) is 8.81. The molecule has 1 saturated carbocycles. The molecule has 0 heterocycles. The first kappa shape index (κ1) is 10.0. The van der Waals surface area contributed by atoms with Crippen molar-refractivity contribution in [3.63, 3.8) is 0 Å². The van der Waals surface area contributed by atoms with Gasteiger partial charge in [0.1, 0.15) is 0 Å².